The van der Waals surface area contributed by atoms with E-state index >= 15 is 0 Å². The van der Waals surface area contributed by atoms with Crippen LogP contribution in [0.15, 0.2) is 40.9 Å². The Hall–Kier alpha value is -1.53. The van der Waals surface area contributed by atoms with Crippen molar-refractivity contribution in [1.29, 1.82) is 0 Å². The summed E-state index contributed by atoms with van der Waals surface area (Å²) < 4.78 is 27.5. The number of nitrogens with one attached hydrogen (secondary N) is 1. The van der Waals surface area contributed by atoms with E-state index in [1.54, 1.807) is 12.1 Å². The Labute approximate surface area is 129 Å². The predicted octanol–water partition coefficient (Wildman–Crippen LogP) is 3.97. The lowest BCUT2D eigenvalue weighted by Crippen LogP contribution is -2.13. The number of thiocarbonyl (C=S) groups is 1. The molecule has 2 rings (SSSR count). The molecule has 0 amide bonds. The van der Waals surface area contributed by atoms with Gasteiger partial charge in [0.15, 0.2) is 0 Å². The number of rotatable bonds is 4. The molecule has 20 heavy (non-hydrogen) atoms. The molecule has 0 spiro atoms. The second-order valence-corrected chi connectivity index (χ2v) is 5.50. The molecule has 3 N–H and O–H groups in total. The first-order valence-electron chi connectivity index (χ1n) is 5.74. The summed E-state index contributed by atoms with van der Waals surface area (Å²) in [5.41, 5.74) is 7.20. The van der Waals surface area contributed by atoms with Crippen molar-refractivity contribution < 1.29 is 8.78 Å². The summed E-state index contributed by atoms with van der Waals surface area (Å²) in [5, 5.41) is 3.01. The third-order valence-corrected chi connectivity index (χ3v) is 3.44. The molecular weight excluding hydrogens is 346 g/mol. The molecule has 6 heteroatoms. The van der Waals surface area contributed by atoms with Gasteiger partial charge in [-0.05, 0) is 36.4 Å². The molecule has 0 bridgehead atoms. The van der Waals surface area contributed by atoms with E-state index in [2.05, 4.69) is 21.2 Å². The van der Waals surface area contributed by atoms with Gasteiger partial charge in [0, 0.05) is 27.8 Å². The fourth-order valence-corrected chi connectivity index (χ4v) is 2.27. The zero-order valence-electron chi connectivity index (χ0n) is 10.3. The molecule has 0 aromatic heterocycles. The first kappa shape index (κ1) is 14.9. The van der Waals surface area contributed by atoms with E-state index in [1.165, 1.54) is 0 Å². The Kier molecular flexibility index (Phi) is 4.67. The van der Waals surface area contributed by atoms with E-state index in [1.807, 2.05) is 6.07 Å². The first-order valence-corrected chi connectivity index (χ1v) is 6.94. The smallest absolute Gasteiger partial charge is 0.128 e. The van der Waals surface area contributed by atoms with Gasteiger partial charge < -0.3 is 11.1 Å². The average molecular weight is 357 g/mol. The number of hydrogen-bond donors (Lipinski definition) is 2. The highest BCUT2D eigenvalue weighted by atomic mass is 79.9. The van der Waals surface area contributed by atoms with Gasteiger partial charge in [0.2, 0.25) is 0 Å². The number of benzene rings is 2. The number of anilines is 1. The first-order chi connectivity index (χ1) is 9.47. The summed E-state index contributed by atoms with van der Waals surface area (Å²) in [6.07, 6.45) is 0. The van der Waals surface area contributed by atoms with Crippen molar-refractivity contribution in [2.45, 2.75) is 6.54 Å². The van der Waals surface area contributed by atoms with Crippen LogP contribution < -0.4 is 11.1 Å². The summed E-state index contributed by atoms with van der Waals surface area (Å²) in [5.74, 6) is -0.943. The van der Waals surface area contributed by atoms with Crippen molar-refractivity contribution in [3.05, 3.63) is 63.6 Å². The maximum Gasteiger partial charge on any atom is 0.128 e. The van der Waals surface area contributed by atoms with Gasteiger partial charge >= 0.3 is 0 Å². The second kappa shape index (κ2) is 6.28. The molecule has 0 radical (unpaired) electrons. The molecule has 0 saturated heterocycles. The molecule has 0 unspecified atom stereocenters. The van der Waals surface area contributed by atoms with Crippen LogP contribution in [-0.2, 0) is 6.54 Å². The Bertz CT molecular complexity index is 662. The standard InChI is InChI=1S/C14H11BrF2N2S/c15-9-1-4-13(11(6-9)14(18)20)19-7-8-5-10(16)2-3-12(8)17/h1-6,19H,7H2,(H2,18,20). The number of hydrogen-bond acceptors (Lipinski definition) is 2. The van der Waals surface area contributed by atoms with Crippen LogP contribution in [0.1, 0.15) is 11.1 Å². The quantitative estimate of drug-likeness (QED) is 0.814. The van der Waals surface area contributed by atoms with E-state index < -0.39 is 11.6 Å². The molecule has 104 valence electrons. The molecule has 2 aromatic carbocycles. The molecular formula is C14H11BrF2N2S. The topological polar surface area (TPSA) is 38.0 Å². The second-order valence-electron chi connectivity index (χ2n) is 4.14. The van der Waals surface area contributed by atoms with Gasteiger partial charge in [-0.3, -0.25) is 0 Å². The number of halogens is 3. The number of nitrogens with two attached hydrogens (primary N) is 1. The fourth-order valence-electron chi connectivity index (χ4n) is 1.74. The van der Waals surface area contributed by atoms with E-state index in [4.69, 9.17) is 18.0 Å². The highest BCUT2D eigenvalue weighted by molar-refractivity contribution is 9.10. The van der Waals surface area contributed by atoms with Crippen molar-refractivity contribution in [2.24, 2.45) is 5.73 Å². The van der Waals surface area contributed by atoms with Gasteiger partial charge in [0.1, 0.15) is 16.6 Å². The predicted molar refractivity (Wildman–Crippen MR) is 83.7 cm³/mol. The molecule has 0 heterocycles. The van der Waals surface area contributed by atoms with E-state index in [-0.39, 0.29) is 17.1 Å². The third-order valence-electron chi connectivity index (χ3n) is 2.72. The molecule has 0 aliphatic heterocycles. The Morgan fingerprint density at radius 1 is 1.20 bits per heavy atom. The SMILES string of the molecule is NC(=S)c1cc(Br)ccc1NCc1cc(F)ccc1F. The summed E-state index contributed by atoms with van der Waals surface area (Å²) in [6.45, 7) is 0.140. The maximum absolute atomic E-state index is 13.5. The lowest BCUT2D eigenvalue weighted by atomic mass is 10.1. The van der Waals surface area contributed by atoms with Crippen LogP contribution in [0.2, 0.25) is 0 Å². The molecule has 0 saturated carbocycles. The monoisotopic (exact) mass is 356 g/mol. The minimum atomic E-state index is -0.478. The lowest BCUT2D eigenvalue weighted by Gasteiger charge is -2.12. The van der Waals surface area contributed by atoms with Crippen LogP contribution in [0.5, 0.6) is 0 Å². The molecule has 0 aliphatic carbocycles. The van der Waals surface area contributed by atoms with Gasteiger partial charge in [-0.2, -0.15) is 0 Å². The van der Waals surface area contributed by atoms with Gasteiger partial charge in [0.25, 0.3) is 0 Å². The minimum Gasteiger partial charge on any atom is -0.389 e. The van der Waals surface area contributed by atoms with Crippen molar-refractivity contribution in [3.63, 3.8) is 0 Å². The molecule has 0 aliphatic rings. The third kappa shape index (κ3) is 3.52. The molecule has 2 nitrogen and oxygen atoms in total. The van der Waals surface area contributed by atoms with Gasteiger partial charge in [0.05, 0.1) is 0 Å². The van der Waals surface area contributed by atoms with Crippen LogP contribution in [-0.4, -0.2) is 4.99 Å². The van der Waals surface area contributed by atoms with Crippen LogP contribution in [0.25, 0.3) is 0 Å². The van der Waals surface area contributed by atoms with Gasteiger partial charge in [-0.25, -0.2) is 8.78 Å². The lowest BCUT2D eigenvalue weighted by molar-refractivity contribution is 0.587. The van der Waals surface area contributed by atoms with Gasteiger partial charge in [-0.1, -0.05) is 28.1 Å². The van der Waals surface area contributed by atoms with Crippen molar-refractivity contribution >= 4 is 38.8 Å². The van der Waals surface area contributed by atoms with Gasteiger partial charge in [-0.15, -0.1) is 0 Å². The molecule has 2 aromatic rings. The van der Waals surface area contributed by atoms with E-state index in [9.17, 15) is 8.78 Å². The summed E-state index contributed by atoms with van der Waals surface area (Å²) >= 11 is 8.30. The fraction of sp³-hybridized carbons (Fsp3) is 0.0714. The van der Waals surface area contributed by atoms with Crippen LogP contribution >= 0.6 is 28.1 Å². The van der Waals surface area contributed by atoms with Crippen molar-refractivity contribution in [2.75, 3.05) is 5.32 Å². The molecule has 0 fully saturated rings. The van der Waals surface area contributed by atoms with Crippen molar-refractivity contribution in [3.8, 4) is 0 Å². The summed E-state index contributed by atoms with van der Waals surface area (Å²) in [6, 6.07) is 8.69. The Morgan fingerprint density at radius 2 is 1.95 bits per heavy atom. The summed E-state index contributed by atoms with van der Waals surface area (Å²) in [7, 11) is 0. The van der Waals surface area contributed by atoms with E-state index in [0.717, 1.165) is 22.7 Å². The van der Waals surface area contributed by atoms with Crippen LogP contribution in [0.3, 0.4) is 0 Å². The maximum atomic E-state index is 13.5. The minimum absolute atomic E-state index is 0.140. The van der Waals surface area contributed by atoms with Crippen molar-refractivity contribution in [1.82, 2.24) is 0 Å². The normalized spacial score (nSPS) is 10.3. The highest BCUT2D eigenvalue weighted by Crippen LogP contribution is 2.22. The molecule has 0 atom stereocenters. The van der Waals surface area contributed by atoms with Crippen LogP contribution in [0.4, 0.5) is 14.5 Å². The van der Waals surface area contributed by atoms with E-state index in [0.29, 0.717) is 11.3 Å². The summed E-state index contributed by atoms with van der Waals surface area (Å²) in [4.78, 5) is 0.230. The Morgan fingerprint density at radius 3 is 2.65 bits per heavy atom. The zero-order valence-corrected chi connectivity index (χ0v) is 12.7. The van der Waals surface area contributed by atoms with Crippen LogP contribution in [0, 0.1) is 11.6 Å². The average Bonchev–Trinajstić information content (AvgIpc) is 2.40. The largest absolute Gasteiger partial charge is 0.389 e. The Balaban J connectivity index is 2.23. The highest BCUT2D eigenvalue weighted by Gasteiger charge is 2.08. The zero-order chi connectivity index (χ0) is 14.7.